The largest absolute Gasteiger partial charge is 0.388 e. The molecule has 1 unspecified atom stereocenters. The molecule has 2 rings (SSSR count). The van der Waals surface area contributed by atoms with E-state index in [1.807, 2.05) is 6.92 Å². The zero-order valence-corrected chi connectivity index (χ0v) is 24.7. The molecule has 1 atom stereocenters. The zero-order chi connectivity index (χ0) is 26.0. The predicted molar refractivity (Wildman–Crippen MR) is 155 cm³/mol. The highest BCUT2D eigenvalue weighted by Crippen LogP contribution is 2.38. The summed E-state index contributed by atoms with van der Waals surface area (Å²) in [7, 11) is 0. The number of hydrogen-bond donors (Lipinski definition) is 2. The number of carbonyl (C=O) groups is 1. The van der Waals surface area contributed by atoms with E-state index in [0.717, 1.165) is 50.6 Å². The summed E-state index contributed by atoms with van der Waals surface area (Å²) in [5.41, 5.74) is 1.43. The molecule has 206 valence electrons. The topological polar surface area (TPSA) is 41.1 Å². The highest BCUT2D eigenvalue weighted by Gasteiger charge is 2.32. The van der Waals surface area contributed by atoms with E-state index >= 15 is 0 Å². The van der Waals surface area contributed by atoms with Crippen LogP contribution in [0.15, 0.2) is 11.8 Å². The van der Waals surface area contributed by atoms with E-state index in [-0.39, 0.29) is 10.8 Å². The standard InChI is InChI=1S/C23H44N2O.C9H18/c1-6-20(2)25-19-23(5,14-17-26)18-22(3,4)13-16-24-15-12-21-10-8-7-9-11-21;1-2-6-9-7-4-3-5-8-9/h6,17,21,24-25H,7-16,18-19H2,1-5H3;9H,2-8H2,1H3. The van der Waals surface area contributed by atoms with Gasteiger partial charge < -0.3 is 15.4 Å². The maximum atomic E-state index is 11.2. The second-order valence-corrected chi connectivity index (χ2v) is 12.9. The molecule has 0 aromatic heterocycles. The molecule has 3 nitrogen and oxygen atoms in total. The number of nitrogens with one attached hydrogen (secondary N) is 2. The molecule has 0 radical (unpaired) electrons. The number of aldehydes is 1. The Morgan fingerprint density at radius 3 is 1.97 bits per heavy atom. The van der Waals surface area contributed by atoms with Crippen molar-refractivity contribution in [3.8, 4) is 0 Å². The third-order valence-electron chi connectivity index (χ3n) is 8.56. The smallest absolute Gasteiger partial charge is 0.120 e. The number of hydrogen-bond acceptors (Lipinski definition) is 3. The molecule has 35 heavy (non-hydrogen) atoms. The van der Waals surface area contributed by atoms with Gasteiger partial charge in [0.05, 0.1) is 0 Å². The van der Waals surface area contributed by atoms with Crippen LogP contribution in [0.3, 0.4) is 0 Å². The minimum absolute atomic E-state index is 0.0115. The molecule has 0 bridgehead atoms. The van der Waals surface area contributed by atoms with Crippen LogP contribution in [0.5, 0.6) is 0 Å². The number of carbonyl (C=O) groups excluding carboxylic acids is 1. The molecule has 0 saturated heterocycles. The van der Waals surface area contributed by atoms with Crippen LogP contribution in [0.25, 0.3) is 0 Å². The lowest BCUT2D eigenvalue weighted by Crippen LogP contribution is -2.36. The third-order valence-corrected chi connectivity index (χ3v) is 8.56. The second-order valence-electron chi connectivity index (χ2n) is 12.9. The third kappa shape index (κ3) is 15.8. The Balaban J connectivity index is 0.000000566. The first-order valence-electron chi connectivity index (χ1n) is 15.2. The van der Waals surface area contributed by atoms with Gasteiger partial charge in [0.1, 0.15) is 6.29 Å². The van der Waals surface area contributed by atoms with E-state index in [9.17, 15) is 4.79 Å². The molecular weight excluding hydrogens is 428 g/mol. The first kappa shape index (κ1) is 32.2. The highest BCUT2D eigenvalue weighted by atomic mass is 16.1. The lowest BCUT2D eigenvalue weighted by molar-refractivity contribution is -0.110. The highest BCUT2D eigenvalue weighted by molar-refractivity contribution is 5.50. The lowest BCUT2D eigenvalue weighted by Gasteiger charge is -2.37. The SMILES string of the molecule is CC=C(C)NCC(C)(CC=O)CC(C)(C)CCNCCC1CCCCC1.CCCC1CCCCC1. The Labute approximate surface area is 220 Å². The van der Waals surface area contributed by atoms with Crippen molar-refractivity contribution in [1.82, 2.24) is 10.6 Å². The maximum Gasteiger partial charge on any atom is 0.120 e. The van der Waals surface area contributed by atoms with Gasteiger partial charge in [-0.3, -0.25) is 0 Å². The molecule has 2 N–H and O–H groups in total. The van der Waals surface area contributed by atoms with Crippen LogP contribution in [0.1, 0.15) is 144 Å². The Morgan fingerprint density at radius 2 is 1.46 bits per heavy atom. The average Bonchev–Trinajstić information content (AvgIpc) is 2.84. The van der Waals surface area contributed by atoms with E-state index < -0.39 is 0 Å². The van der Waals surface area contributed by atoms with E-state index in [4.69, 9.17) is 0 Å². The molecule has 2 aliphatic rings. The summed E-state index contributed by atoms with van der Waals surface area (Å²) in [4.78, 5) is 11.2. The van der Waals surface area contributed by atoms with Crippen LogP contribution in [0, 0.1) is 22.7 Å². The van der Waals surface area contributed by atoms with Crippen LogP contribution in [0.2, 0.25) is 0 Å². The quantitative estimate of drug-likeness (QED) is 0.178. The fourth-order valence-electron chi connectivity index (χ4n) is 6.32. The summed E-state index contributed by atoms with van der Waals surface area (Å²) in [5, 5.41) is 7.15. The van der Waals surface area contributed by atoms with Crippen LogP contribution in [0.4, 0.5) is 0 Å². The summed E-state index contributed by atoms with van der Waals surface area (Å²) in [6.07, 6.45) is 25.0. The van der Waals surface area contributed by atoms with E-state index in [2.05, 4.69) is 51.3 Å². The fourth-order valence-corrected chi connectivity index (χ4v) is 6.32. The van der Waals surface area contributed by atoms with Crippen molar-refractivity contribution in [1.29, 1.82) is 0 Å². The van der Waals surface area contributed by atoms with Gasteiger partial charge in [0, 0.05) is 18.7 Å². The van der Waals surface area contributed by atoms with Gasteiger partial charge in [-0.05, 0) is 68.9 Å². The molecule has 2 aliphatic carbocycles. The molecule has 2 fully saturated rings. The van der Waals surface area contributed by atoms with Gasteiger partial charge in [0.2, 0.25) is 0 Å². The van der Waals surface area contributed by atoms with Crippen molar-refractivity contribution in [2.45, 2.75) is 144 Å². The molecule has 0 amide bonds. The zero-order valence-electron chi connectivity index (χ0n) is 24.7. The second kappa shape index (κ2) is 18.4. The molecule has 0 aliphatic heterocycles. The van der Waals surface area contributed by atoms with E-state index in [1.165, 1.54) is 89.2 Å². The Morgan fingerprint density at radius 1 is 0.886 bits per heavy atom. The van der Waals surface area contributed by atoms with Crippen molar-refractivity contribution >= 4 is 6.29 Å². The minimum Gasteiger partial charge on any atom is -0.388 e. The van der Waals surface area contributed by atoms with Gasteiger partial charge in [0.15, 0.2) is 0 Å². The predicted octanol–water partition coefficient (Wildman–Crippen LogP) is 8.83. The van der Waals surface area contributed by atoms with Gasteiger partial charge in [-0.2, -0.15) is 0 Å². The maximum absolute atomic E-state index is 11.2. The van der Waals surface area contributed by atoms with E-state index in [0.29, 0.717) is 6.42 Å². The van der Waals surface area contributed by atoms with Gasteiger partial charge in [0.25, 0.3) is 0 Å². The Kier molecular flexibility index (Phi) is 16.9. The van der Waals surface area contributed by atoms with Crippen molar-refractivity contribution in [3.05, 3.63) is 11.8 Å². The first-order valence-corrected chi connectivity index (χ1v) is 15.2. The summed E-state index contributed by atoms with van der Waals surface area (Å²) in [5.74, 6) is 2.06. The summed E-state index contributed by atoms with van der Waals surface area (Å²) < 4.78 is 0. The molecule has 3 heteroatoms. The summed E-state index contributed by atoms with van der Waals surface area (Å²) in [6.45, 7) is 16.5. The Hall–Kier alpha value is -0.830. The van der Waals surface area contributed by atoms with Crippen LogP contribution in [-0.4, -0.2) is 25.9 Å². The van der Waals surface area contributed by atoms with Crippen LogP contribution >= 0.6 is 0 Å². The molecule has 0 aromatic carbocycles. The van der Waals surface area contributed by atoms with Gasteiger partial charge >= 0.3 is 0 Å². The van der Waals surface area contributed by atoms with Crippen LogP contribution in [-0.2, 0) is 4.79 Å². The normalized spacial score (nSPS) is 20.0. The number of rotatable bonds is 15. The monoisotopic (exact) mass is 490 g/mol. The molecule has 0 heterocycles. The van der Waals surface area contributed by atoms with Crippen molar-refractivity contribution < 1.29 is 4.79 Å². The van der Waals surface area contributed by atoms with Gasteiger partial charge in [-0.15, -0.1) is 0 Å². The molecule has 2 saturated carbocycles. The fraction of sp³-hybridized carbons (Fsp3) is 0.906. The van der Waals surface area contributed by atoms with Crippen molar-refractivity contribution in [3.63, 3.8) is 0 Å². The molecular formula is C32H62N2O. The van der Waals surface area contributed by atoms with Crippen molar-refractivity contribution in [2.24, 2.45) is 22.7 Å². The van der Waals surface area contributed by atoms with Crippen molar-refractivity contribution in [2.75, 3.05) is 19.6 Å². The first-order chi connectivity index (χ1) is 16.7. The van der Waals surface area contributed by atoms with Gasteiger partial charge in [-0.1, -0.05) is 111 Å². The number of allylic oxidation sites excluding steroid dienone is 2. The minimum atomic E-state index is 0.0115. The van der Waals surface area contributed by atoms with Gasteiger partial charge in [-0.25, -0.2) is 0 Å². The van der Waals surface area contributed by atoms with E-state index in [1.54, 1.807) is 0 Å². The average molecular weight is 491 g/mol. The van der Waals surface area contributed by atoms with Crippen LogP contribution < -0.4 is 10.6 Å². The summed E-state index contributed by atoms with van der Waals surface area (Å²) in [6, 6.07) is 0. The molecule has 0 spiro atoms. The lowest BCUT2D eigenvalue weighted by atomic mass is 9.71. The molecule has 0 aromatic rings. The Bertz CT molecular complexity index is 555. The summed E-state index contributed by atoms with van der Waals surface area (Å²) >= 11 is 0.